The van der Waals surface area contributed by atoms with E-state index in [-0.39, 0.29) is 5.91 Å². The van der Waals surface area contributed by atoms with Crippen molar-refractivity contribution in [1.82, 2.24) is 5.32 Å². The molecule has 1 aromatic rings. The summed E-state index contributed by atoms with van der Waals surface area (Å²) in [6.07, 6.45) is 6.68. The summed E-state index contributed by atoms with van der Waals surface area (Å²) in [6, 6.07) is 5.56. The number of thioether (sulfide) groups is 1. The Kier molecular flexibility index (Phi) is 5.60. The number of hydrogen-bond acceptors (Lipinski definition) is 2. The second-order valence-electron chi connectivity index (χ2n) is 4.81. The largest absolute Gasteiger partial charge is 0.349 e. The molecule has 19 heavy (non-hydrogen) atoms. The molecule has 0 aromatic heterocycles. The highest BCUT2D eigenvalue weighted by Crippen LogP contribution is 2.27. The van der Waals surface area contributed by atoms with E-state index in [0.717, 1.165) is 22.6 Å². The normalized spacial score (nSPS) is 23.1. The quantitative estimate of drug-likeness (QED) is 0.857. The van der Waals surface area contributed by atoms with Gasteiger partial charge in [0.2, 0.25) is 0 Å². The number of carbonyl (C=O) groups is 1. The first kappa shape index (κ1) is 15.2. The summed E-state index contributed by atoms with van der Waals surface area (Å²) >= 11 is 11.2. The first-order valence-electron chi connectivity index (χ1n) is 6.39. The summed E-state index contributed by atoms with van der Waals surface area (Å²) in [5.74, 6) is -0.0175. The van der Waals surface area contributed by atoms with Crippen LogP contribution in [-0.4, -0.2) is 23.5 Å². The molecule has 1 N–H and O–H groups in total. The lowest BCUT2D eigenvalue weighted by atomic mass is 9.94. The van der Waals surface area contributed by atoms with Gasteiger partial charge in [0.05, 0.1) is 5.56 Å². The van der Waals surface area contributed by atoms with E-state index >= 15 is 0 Å². The highest BCUT2D eigenvalue weighted by atomic mass is 79.9. The Morgan fingerprint density at radius 3 is 2.63 bits per heavy atom. The highest BCUT2D eigenvalue weighted by molar-refractivity contribution is 9.10. The molecule has 2 rings (SSSR count). The van der Waals surface area contributed by atoms with Crippen LogP contribution in [-0.2, 0) is 0 Å². The number of halogens is 2. The van der Waals surface area contributed by atoms with E-state index in [1.54, 1.807) is 18.2 Å². The van der Waals surface area contributed by atoms with Crippen LogP contribution in [0.5, 0.6) is 0 Å². The lowest BCUT2D eigenvalue weighted by Crippen LogP contribution is -2.38. The molecule has 0 unspecified atom stereocenters. The highest BCUT2D eigenvalue weighted by Gasteiger charge is 2.22. The smallest absolute Gasteiger partial charge is 0.252 e. The zero-order valence-corrected chi connectivity index (χ0v) is 13.9. The standard InChI is InChI=1S/C14H17BrClNOS/c1-19-11-5-3-10(4-6-11)17-14(18)12-7-2-9(16)8-13(12)15/h2,7-8,10-11H,3-6H2,1H3,(H,17,18). The summed E-state index contributed by atoms with van der Waals surface area (Å²) in [5.41, 5.74) is 0.649. The predicted octanol–water partition coefficient (Wildman–Crippen LogP) is 4.51. The number of rotatable bonds is 3. The minimum absolute atomic E-state index is 0.0175. The predicted molar refractivity (Wildman–Crippen MR) is 86.2 cm³/mol. The van der Waals surface area contributed by atoms with Crippen molar-refractivity contribution in [3.05, 3.63) is 33.3 Å². The Hall–Kier alpha value is -0.190. The summed E-state index contributed by atoms with van der Waals surface area (Å²) < 4.78 is 0.746. The van der Waals surface area contributed by atoms with Crippen LogP contribution in [0.25, 0.3) is 0 Å². The molecule has 1 aliphatic rings. The maximum absolute atomic E-state index is 12.2. The third-order valence-corrected chi connectivity index (χ3v) is 5.55. The van der Waals surface area contributed by atoms with Gasteiger partial charge in [0.25, 0.3) is 5.91 Å². The molecule has 2 nitrogen and oxygen atoms in total. The first-order valence-corrected chi connectivity index (χ1v) is 8.84. The lowest BCUT2D eigenvalue weighted by molar-refractivity contribution is 0.0927. The maximum atomic E-state index is 12.2. The molecule has 0 atom stereocenters. The molecule has 1 aromatic carbocycles. The minimum Gasteiger partial charge on any atom is -0.349 e. The Morgan fingerprint density at radius 1 is 1.37 bits per heavy atom. The van der Waals surface area contributed by atoms with Gasteiger partial charge in [-0.2, -0.15) is 11.8 Å². The third-order valence-electron chi connectivity index (χ3n) is 3.52. The Balaban J connectivity index is 1.94. The van der Waals surface area contributed by atoms with Gasteiger partial charge in [-0.25, -0.2) is 0 Å². The molecule has 0 radical (unpaired) electrons. The molecule has 0 spiro atoms. The van der Waals surface area contributed by atoms with E-state index < -0.39 is 0 Å². The van der Waals surface area contributed by atoms with Crippen molar-refractivity contribution >= 4 is 45.2 Å². The third kappa shape index (κ3) is 4.14. The number of nitrogens with one attached hydrogen (secondary N) is 1. The summed E-state index contributed by atoms with van der Waals surface area (Å²) in [5, 5.41) is 4.51. The topological polar surface area (TPSA) is 29.1 Å². The van der Waals surface area contributed by atoms with Crippen LogP contribution in [0.1, 0.15) is 36.0 Å². The van der Waals surface area contributed by atoms with Crippen molar-refractivity contribution in [3.8, 4) is 0 Å². The zero-order valence-electron chi connectivity index (χ0n) is 10.8. The summed E-state index contributed by atoms with van der Waals surface area (Å²) in [6.45, 7) is 0. The van der Waals surface area contributed by atoms with Gasteiger partial charge in [-0.05, 0) is 66.1 Å². The summed E-state index contributed by atoms with van der Waals surface area (Å²) in [4.78, 5) is 12.2. The molecule has 0 aliphatic heterocycles. The van der Waals surface area contributed by atoms with E-state index in [1.165, 1.54) is 12.8 Å². The molecule has 104 valence electrons. The fraction of sp³-hybridized carbons (Fsp3) is 0.500. The van der Waals surface area contributed by atoms with Crippen molar-refractivity contribution < 1.29 is 4.79 Å². The van der Waals surface area contributed by atoms with Crippen molar-refractivity contribution in [2.45, 2.75) is 37.0 Å². The first-order chi connectivity index (χ1) is 9.10. The number of hydrogen-bond donors (Lipinski definition) is 1. The number of amides is 1. The SMILES string of the molecule is CSC1CCC(NC(=O)c2ccc(Cl)cc2Br)CC1. The van der Waals surface area contributed by atoms with E-state index in [4.69, 9.17) is 11.6 Å². The van der Waals surface area contributed by atoms with Gasteiger partial charge in [-0.1, -0.05) is 11.6 Å². The van der Waals surface area contributed by atoms with Crippen LogP contribution in [0.2, 0.25) is 5.02 Å². The van der Waals surface area contributed by atoms with Gasteiger partial charge >= 0.3 is 0 Å². The molecular weight excluding hydrogens is 346 g/mol. The van der Waals surface area contributed by atoms with Crippen LogP contribution < -0.4 is 5.32 Å². The van der Waals surface area contributed by atoms with Gasteiger partial charge in [-0.15, -0.1) is 0 Å². The van der Waals surface area contributed by atoms with Crippen LogP contribution in [0.15, 0.2) is 22.7 Å². The Morgan fingerprint density at radius 2 is 2.05 bits per heavy atom. The molecule has 1 saturated carbocycles. The molecule has 1 fully saturated rings. The van der Waals surface area contributed by atoms with Gasteiger partial charge in [0.1, 0.15) is 0 Å². The number of benzene rings is 1. The Bertz CT molecular complexity index is 461. The monoisotopic (exact) mass is 361 g/mol. The molecule has 1 amide bonds. The van der Waals surface area contributed by atoms with Crippen molar-refractivity contribution in [1.29, 1.82) is 0 Å². The van der Waals surface area contributed by atoms with Gasteiger partial charge in [0.15, 0.2) is 0 Å². The maximum Gasteiger partial charge on any atom is 0.252 e. The molecule has 5 heteroatoms. The minimum atomic E-state index is -0.0175. The van der Waals surface area contributed by atoms with Crippen molar-refractivity contribution in [2.24, 2.45) is 0 Å². The average molecular weight is 363 g/mol. The van der Waals surface area contributed by atoms with E-state index in [2.05, 4.69) is 27.5 Å². The van der Waals surface area contributed by atoms with Crippen LogP contribution in [0.4, 0.5) is 0 Å². The van der Waals surface area contributed by atoms with Crippen molar-refractivity contribution in [2.75, 3.05) is 6.26 Å². The Labute approximate surface area is 131 Å². The second-order valence-corrected chi connectivity index (χ2v) is 7.24. The molecule has 0 heterocycles. The second kappa shape index (κ2) is 7.00. The van der Waals surface area contributed by atoms with Crippen molar-refractivity contribution in [3.63, 3.8) is 0 Å². The van der Waals surface area contributed by atoms with Gasteiger partial charge in [0, 0.05) is 20.8 Å². The van der Waals surface area contributed by atoms with Crippen LogP contribution in [0.3, 0.4) is 0 Å². The molecule has 0 saturated heterocycles. The van der Waals surface area contributed by atoms with Gasteiger partial charge in [-0.3, -0.25) is 4.79 Å². The van der Waals surface area contributed by atoms with E-state index in [1.807, 2.05) is 11.8 Å². The number of carbonyl (C=O) groups excluding carboxylic acids is 1. The fourth-order valence-corrected chi connectivity index (χ4v) is 3.99. The molecule has 0 bridgehead atoms. The summed E-state index contributed by atoms with van der Waals surface area (Å²) in [7, 11) is 0. The molecule has 1 aliphatic carbocycles. The van der Waals surface area contributed by atoms with E-state index in [0.29, 0.717) is 16.6 Å². The molecular formula is C14H17BrClNOS. The van der Waals surface area contributed by atoms with Crippen LogP contribution in [0, 0.1) is 0 Å². The zero-order chi connectivity index (χ0) is 13.8. The average Bonchev–Trinajstić information content (AvgIpc) is 2.39. The lowest BCUT2D eigenvalue weighted by Gasteiger charge is -2.28. The van der Waals surface area contributed by atoms with Gasteiger partial charge < -0.3 is 5.32 Å². The fourth-order valence-electron chi connectivity index (χ4n) is 2.38. The van der Waals surface area contributed by atoms with Crippen LogP contribution >= 0.6 is 39.3 Å². The van der Waals surface area contributed by atoms with E-state index in [9.17, 15) is 4.79 Å².